The van der Waals surface area contributed by atoms with Crippen molar-refractivity contribution in [3.63, 3.8) is 0 Å². The van der Waals surface area contributed by atoms with Gasteiger partial charge < -0.3 is 15.2 Å². The first-order chi connectivity index (χ1) is 11.0. The van der Waals surface area contributed by atoms with Gasteiger partial charge in [-0.05, 0) is 42.9 Å². The van der Waals surface area contributed by atoms with Crippen LogP contribution in [0.5, 0.6) is 0 Å². The highest BCUT2D eigenvalue weighted by Crippen LogP contribution is 2.21. The first-order valence-corrected chi connectivity index (χ1v) is 7.89. The average molecular weight is 323 g/mol. The highest BCUT2D eigenvalue weighted by molar-refractivity contribution is 5.77. The molecule has 1 atom stereocenters. The van der Waals surface area contributed by atoms with Gasteiger partial charge in [-0.3, -0.25) is 9.59 Å². The molecule has 0 saturated carbocycles. The molecule has 0 aromatic heterocycles. The van der Waals surface area contributed by atoms with Crippen molar-refractivity contribution in [2.45, 2.75) is 38.1 Å². The molecule has 5 nitrogen and oxygen atoms in total. The molecule has 1 aliphatic heterocycles. The Hall–Kier alpha value is -1.95. The first-order valence-electron chi connectivity index (χ1n) is 7.89. The lowest BCUT2D eigenvalue weighted by Crippen LogP contribution is -2.30. The van der Waals surface area contributed by atoms with Crippen molar-refractivity contribution in [3.05, 3.63) is 35.6 Å². The number of hydrogen-bond donors (Lipinski definition) is 2. The molecule has 0 spiro atoms. The fraction of sp³-hybridized carbons (Fsp3) is 0.529. The van der Waals surface area contributed by atoms with Crippen LogP contribution >= 0.6 is 0 Å². The monoisotopic (exact) mass is 323 g/mol. The van der Waals surface area contributed by atoms with Gasteiger partial charge in [-0.25, -0.2) is 4.39 Å². The summed E-state index contributed by atoms with van der Waals surface area (Å²) in [4.78, 5) is 23.1. The Bertz CT molecular complexity index is 526. The first kappa shape index (κ1) is 17.4. The molecule has 6 heteroatoms. The van der Waals surface area contributed by atoms with Crippen LogP contribution in [0.1, 0.15) is 43.7 Å². The Morgan fingerprint density at radius 3 is 2.52 bits per heavy atom. The van der Waals surface area contributed by atoms with E-state index < -0.39 is 17.8 Å². The maximum absolute atomic E-state index is 13.0. The molecule has 126 valence electrons. The molecule has 1 aromatic carbocycles. The predicted octanol–water partition coefficient (Wildman–Crippen LogP) is 2.66. The van der Waals surface area contributed by atoms with Crippen molar-refractivity contribution in [1.29, 1.82) is 0 Å². The zero-order valence-corrected chi connectivity index (χ0v) is 13.0. The molecule has 2 N–H and O–H groups in total. The van der Waals surface area contributed by atoms with Gasteiger partial charge in [0.25, 0.3) is 0 Å². The zero-order valence-electron chi connectivity index (χ0n) is 13.0. The maximum Gasteiger partial charge on any atom is 0.305 e. The minimum Gasteiger partial charge on any atom is -0.481 e. The van der Waals surface area contributed by atoms with Gasteiger partial charge in [-0.15, -0.1) is 0 Å². The van der Waals surface area contributed by atoms with E-state index in [4.69, 9.17) is 9.84 Å². The molecule has 1 fully saturated rings. The Balaban J connectivity index is 1.89. The second-order valence-electron chi connectivity index (χ2n) is 5.86. The third-order valence-electron chi connectivity index (χ3n) is 4.11. The number of amides is 1. The van der Waals surface area contributed by atoms with Gasteiger partial charge in [-0.1, -0.05) is 12.1 Å². The number of nitrogens with one attached hydrogen (secondary N) is 1. The molecule has 0 bridgehead atoms. The van der Waals surface area contributed by atoms with Crippen LogP contribution < -0.4 is 5.32 Å². The number of carboxylic acids is 1. The summed E-state index contributed by atoms with van der Waals surface area (Å²) in [5.74, 6) is -1.09. The zero-order chi connectivity index (χ0) is 16.7. The molecule has 1 saturated heterocycles. The third kappa shape index (κ3) is 5.98. The Labute approximate surface area is 134 Å². The number of benzene rings is 1. The topological polar surface area (TPSA) is 75.6 Å². The number of carbonyl (C=O) groups is 2. The number of aliphatic carboxylic acids is 1. The summed E-state index contributed by atoms with van der Waals surface area (Å²) >= 11 is 0. The van der Waals surface area contributed by atoms with E-state index in [-0.39, 0.29) is 12.3 Å². The smallest absolute Gasteiger partial charge is 0.305 e. The molecular weight excluding hydrogens is 301 g/mol. The van der Waals surface area contributed by atoms with E-state index in [1.807, 2.05) is 0 Å². The van der Waals surface area contributed by atoms with Gasteiger partial charge >= 0.3 is 5.97 Å². The normalized spacial score (nSPS) is 16.7. The lowest BCUT2D eigenvalue weighted by Gasteiger charge is -2.22. The fourth-order valence-electron chi connectivity index (χ4n) is 2.76. The van der Waals surface area contributed by atoms with Crippen molar-refractivity contribution in [2.75, 3.05) is 13.2 Å². The minimum atomic E-state index is -1.01. The van der Waals surface area contributed by atoms with E-state index in [2.05, 4.69) is 5.32 Å². The van der Waals surface area contributed by atoms with Crippen LogP contribution in [-0.2, 0) is 14.3 Å². The quantitative estimate of drug-likeness (QED) is 0.809. The SMILES string of the molecule is O=C(O)CC(NC(=O)CCC1CCOCC1)c1ccc(F)cc1. The van der Waals surface area contributed by atoms with E-state index in [1.54, 1.807) is 0 Å². The molecule has 1 heterocycles. The van der Waals surface area contributed by atoms with Crippen molar-refractivity contribution >= 4 is 11.9 Å². The lowest BCUT2D eigenvalue weighted by atomic mass is 9.94. The molecule has 1 aliphatic rings. The summed E-state index contributed by atoms with van der Waals surface area (Å²) in [6.45, 7) is 1.48. The summed E-state index contributed by atoms with van der Waals surface area (Å²) in [5, 5.41) is 11.8. The summed E-state index contributed by atoms with van der Waals surface area (Å²) < 4.78 is 18.3. The Kier molecular flexibility index (Phi) is 6.52. The van der Waals surface area contributed by atoms with Gasteiger partial charge in [0.15, 0.2) is 0 Å². The van der Waals surface area contributed by atoms with Crippen LogP contribution in [0, 0.1) is 11.7 Å². The summed E-state index contributed by atoms with van der Waals surface area (Å²) in [5.41, 5.74) is 0.591. The van der Waals surface area contributed by atoms with Crippen molar-refractivity contribution in [2.24, 2.45) is 5.92 Å². The van der Waals surface area contributed by atoms with Gasteiger partial charge in [-0.2, -0.15) is 0 Å². The summed E-state index contributed by atoms with van der Waals surface area (Å²) in [7, 11) is 0. The van der Waals surface area contributed by atoms with E-state index in [9.17, 15) is 14.0 Å². The highest BCUT2D eigenvalue weighted by Gasteiger charge is 2.20. The average Bonchev–Trinajstić information content (AvgIpc) is 2.53. The van der Waals surface area contributed by atoms with Crippen LogP contribution in [-0.4, -0.2) is 30.2 Å². The number of carbonyl (C=O) groups excluding carboxylic acids is 1. The fourth-order valence-corrected chi connectivity index (χ4v) is 2.76. The van der Waals surface area contributed by atoms with Gasteiger partial charge in [0, 0.05) is 19.6 Å². The van der Waals surface area contributed by atoms with E-state index >= 15 is 0 Å². The second-order valence-corrected chi connectivity index (χ2v) is 5.86. The molecule has 1 aromatic rings. The van der Waals surface area contributed by atoms with Crippen molar-refractivity contribution in [1.82, 2.24) is 5.32 Å². The lowest BCUT2D eigenvalue weighted by molar-refractivity contribution is -0.137. The molecule has 0 radical (unpaired) electrons. The van der Waals surface area contributed by atoms with Crippen molar-refractivity contribution < 1.29 is 23.8 Å². The number of rotatable bonds is 7. The summed E-state index contributed by atoms with van der Waals surface area (Å²) in [6, 6.07) is 4.88. The van der Waals surface area contributed by atoms with E-state index in [0.717, 1.165) is 32.5 Å². The van der Waals surface area contributed by atoms with Gasteiger partial charge in [0.1, 0.15) is 5.82 Å². The van der Waals surface area contributed by atoms with Crippen LogP contribution in [0.3, 0.4) is 0 Å². The molecule has 2 rings (SSSR count). The number of ether oxygens (including phenoxy) is 1. The van der Waals surface area contributed by atoms with Crippen LogP contribution in [0.4, 0.5) is 4.39 Å². The standard InChI is InChI=1S/C17H22FNO4/c18-14-4-2-13(3-5-14)15(11-17(21)22)19-16(20)6-1-12-7-9-23-10-8-12/h2-5,12,15H,1,6-11H2,(H,19,20)(H,21,22). The van der Waals surface area contributed by atoms with Gasteiger partial charge in [0.05, 0.1) is 12.5 Å². The molecule has 23 heavy (non-hydrogen) atoms. The number of halogens is 1. The van der Waals surface area contributed by atoms with Crippen LogP contribution in [0.2, 0.25) is 0 Å². The van der Waals surface area contributed by atoms with Crippen LogP contribution in [0.25, 0.3) is 0 Å². The van der Waals surface area contributed by atoms with Gasteiger partial charge in [0.2, 0.25) is 5.91 Å². The number of hydrogen-bond acceptors (Lipinski definition) is 3. The Morgan fingerprint density at radius 1 is 1.26 bits per heavy atom. The van der Waals surface area contributed by atoms with Crippen LogP contribution in [0.15, 0.2) is 24.3 Å². The minimum absolute atomic E-state index is 0.174. The Morgan fingerprint density at radius 2 is 1.91 bits per heavy atom. The third-order valence-corrected chi connectivity index (χ3v) is 4.11. The maximum atomic E-state index is 13.0. The highest BCUT2D eigenvalue weighted by atomic mass is 19.1. The molecule has 0 aliphatic carbocycles. The van der Waals surface area contributed by atoms with E-state index in [0.29, 0.717) is 17.9 Å². The predicted molar refractivity (Wildman–Crippen MR) is 82.3 cm³/mol. The summed E-state index contributed by atoms with van der Waals surface area (Å²) in [6.07, 6.45) is 2.84. The molecular formula is C17H22FNO4. The molecule has 1 amide bonds. The largest absolute Gasteiger partial charge is 0.481 e. The molecule has 1 unspecified atom stereocenters. The second kappa shape index (κ2) is 8.62. The van der Waals surface area contributed by atoms with E-state index in [1.165, 1.54) is 24.3 Å². The van der Waals surface area contributed by atoms with Crippen molar-refractivity contribution in [3.8, 4) is 0 Å². The number of carboxylic acid groups (broad SMARTS) is 1.